The molecule has 2 nitrogen and oxygen atoms in total. The van der Waals surface area contributed by atoms with E-state index < -0.39 is 0 Å². The number of carbonyl (C=O) groups is 1. The predicted molar refractivity (Wildman–Crippen MR) is 60.8 cm³/mol. The average molecular weight is 203 g/mol. The highest BCUT2D eigenvalue weighted by molar-refractivity contribution is 5.79. The summed E-state index contributed by atoms with van der Waals surface area (Å²) < 4.78 is 0. The topological polar surface area (TPSA) is 29.1 Å². The first-order valence-electron chi connectivity index (χ1n) is 5.51. The van der Waals surface area contributed by atoms with E-state index in [1.807, 2.05) is 0 Å². The number of fused-ring (bicyclic) bond motifs is 1. The SMILES string of the molecule is CNC(=O)C1CCc2cccc(C)c2C1. The summed E-state index contributed by atoms with van der Waals surface area (Å²) >= 11 is 0. The number of nitrogens with one attached hydrogen (secondary N) is 1. The van der Waals surface area contributed by atoms with Crippen LogP contribution in [0, 0.1) is 12.8 Å². The first-order chi connectivity index (χ1) is 7.22. The lowest BCUT2D eigenvalue weighted by atomic mass is 9.81. The Bertz CT molecular complexity index is 384. The highest BCUT2D eigenvalue weighted by Gasteiger charge is 2.24. The van der Waals surface area contributed by atoms with Crippen LogP contribution in [0.1, 0.15) is 23.1 Å². The maximum Gasteiger partial charge on any atom is 0.223 e. The Balaban J connectivity index is 2.26. The highest BCUT2D eigenvalue weighted by Crippen LogP contribution is 2.27. The van der Waals surface area contributed by atoms with Crippen LogP contribution in [0.5, 0.6) is 0 Å². The van der Waals surface area contributed by atoms with Crippen molar-refractivity contribution in [3.8, 4) is 0 Å². The Morgan fingerprint density at radius 3 is 3.00 bits per heavy atom. The van der Waals surface area contributed by atoms with E-state index in [9.17, 15) is 4.79 Å². The number of benzene rings is 1. The standard InChI is InChI=1S/C13H17NO/c1-9-4-3-5-10-6-7-11(8-12(9)10)13(15)14-2/h3-5,11H,6-8H2,1-2H3,(H,14,15). The zero-order valence-electron chi connectivity index (χ0n) is 9.34. The van der Waals surface area contributed by atoms with Crippen LogP contribution >= 0.6 is 0 Å². The zero-order chi connectivity index (χ0) is 10.8. The van der Waals surface area contributed by atoms with E-state index in [4.69, 9.17) is 0 Å². The summed E-state index contributed by atoms with van der Waals surface area (Å²) in [6.45, 7) is 2.13. The summed E-state index contributed by atoms with van der Waals surface area (Å²) in [7, 11) is 1.72. The normalized spacial score (nSPS) is 19.5. The van der Waals surface area contributed by atoms with Crippen molar-refractivity contribution < 1.29 is 4.79 Å². The monoisotopic (exact) mass is 203 g/mol. The first kappa shape index (κ1) is 10.2. The number of rotatable bonds is 1. The third-order valence-electron chi connectivity index (χ3n) is 3.34. The van der Waals surface area contributed by atoms with Crippen molar-refractivity contribution >= 4 is 5.91 Å². The van der Waals surface area contributed by atoms with Gasteiger partial charge in [-0.25, -0.2) is 0 Å². The number of hydrogen-bond acceptors (Lipinski definition) is 1. The summed E-state index contributed by atoms with van der Waals surface area (Å²) in [5.74, 6) is 0.354. The van der Waals surface area contributed by atoms with Crippen molar-refractivity contribution in [3.63, 3.8) is 0 Å². The van der Waals surface area contributed by atoms with Crippen LogP contribution in [0.4, 0.5) is 0 Å². The van der Waals surface area contributed by atoms with Crippen LogP contribution in [-0.4, -0.2) is 13.0 Å². The molecule has 0 heterocycles. The van der Waals surface area contributed by atoms with E-state index in [0.717, 1.165) is 19.3 Å². The van der Waals surface area contributed by atoms with Crippen molar-refractivity contribution in [2.45, 2.75) is 26.2 Å². The molecule has 1 atom stereocenters. The third kappa shape index (κ3) is 1.89. The van der Waals surface area contributed by atoms with Crippen molar-refractivity contribution in [1.29, 1.82) is 0 Å². The van der Waals surface area contributed by atoms with Crippen LogP contribution in [0.15, 0.2) is 18.2 Å². The fourth-order valence-electron chi connectivity index (χ4n) is 2.40. The van der Waals surface area contributed by atoms with Gasteiger partial charge < -0.3 is 5.32 Å². The van der Waals surface area contributed by atoms with Gasteiger partial charge in [0.1, 0.15) is 0 Å². The molecule has 1 aromatic carbocycles. The minimum atomic E-state index is 0.170. The van der Waals surface area contributed by atoms with Gasteiger partial charge in [-0.15, -0.1) is 0 Å². The smallest absolute Gasteiger partial charge is 0.223 e. The molecule has 0 aliphatic heterocycles. The highest BCUT2D eigenvalue weighted by atomic mass is 16.1. The molecule has 2 heteroatoms. The molecule has 0 spiro atoms. The summed E-state index contributed by atoms with van der Waals surface area (Å²) in [6, 6.07) is 6.42. The molecular weight excluding hydrogens is 186 g/mol. The first-order valence-corrected chi connectivity index (χ1v) is 5.51. The fraction of sp³-hybridized carbons (Fsp3) is 0.462. The van der Waals surface area contributed by atoms with E-state index >= 15 is 0 Å². The predicted octanol–water partition coefficient (Wildman–Crippen LogP) is 1.85. The third-order valence-corrected chi connectivity index (χ3v) is 3.34. The van der Waals surface area contributed by atoms with Crippen molar-refractivity contribution in [2.24, 2.45) is 5.92 Å². The van der Waals surface area contributed by atoms with Crippen LogP contribution in [-0.2, 0) is 17.6 Å². The molecule has 1 aliphatic carbocycles. The van der Waals surface area contributed by atoms with Crippen molar-refractivity contribution in [3.05, 3.63) is 34.9 Å². The van der Waals surface area contributed by atoms with Crippen LogP contribution in [0.25, 0.3) is 0 Å². The molecule has 0 saturated heterocycles. The maximum atomic E-state index is 11.6. The van der Waals surface area contributed by atoms with Crippen molar-refractivity contribution in [2.75, 3.05) is 7.05 Å². The lowest BCUT2D eigenvalue weighted by Gasteiger charge is -2.24. The largest absolute Gasteiger partial charge is 0.359 e. The molecule has 80 valence electrons. The average Bonchev–Trinajstić information content (AvgIpc) is 2.28. The molecule has 1 aliphatic rings. The minimum Gasteiger partial charge on any atom is -0.359 e. The van der Waals surface area contributed by atoms with Gasteiger partial charge in [-0.1, -0.05) is 18.2 Å². The molecule has 1 amide bonds. The summed E-state index contributed by atoms with van der Waals surface area (Å²) in [4.78, 5) is 11.6. The molecule has 0 radical (unpaired) electrons. The van der Waals surface area contributed by atoms with Gasteiger partial charge in [-0.05, 0) is 42.9 Å². The Labute approximate surface area is 90.7 Å². The zero-order valence-corrected chi connectivity index (χ0v) is 9.34. The Morgan fingerprint density at radius 1 is 1.47 bits per heavy atom. The number of carbonyl (C=O) groups excluding carboxylic acids is 1. The minimum absolute atomic E-state index is 0.170. The van der Waals surface area contributed by atoms with Gasteiger partial charge in [0.05, 0.1) is 0 Å². The van der Waals surface area contributed by atoms with E-state index in [1.165, 1.54) is 16.7 Å². The lowest BCUT2D eigenvalue weighted by Crippen LogP contribution is -2.31. The van der Waals surface area contributed by atoms with Gasteiger partial charge in [0.25, 0.3) is 0 Å². The van der Waals surface area contributed by atoms with Gasteiger partial charge in [0, 0.05) is 13.0 Å². The van der Waals surface area contributed by atoms with Crippen LogP contribution in [0.2, 0.25) is 0 Å². The van der Waals surface area contributed by atoms with E-state index in [2.05, 4.69) is 30.4 Å². The molecule has 15 heavy (non-hydrogen) atoms. The fourth-order valence-corrected chi connectivity index (χ4v) is 2.40. The number of hydrogen-bond donors (Lipinski definition) is 1. The number of amides is 1. The molecule has 1 aromatic rings. The molecule has 0 saturated carbocycles. The van der Waals surface area contributed by atoms with Gasteiger partial charge in [0.15, 0.2) is 0 Å². The Morgan fingerprint density at radius 2 is 2.27 bits per heavy atom. The van der Waals surface area contributed by atoms with E-state index in [1.54, 1.807) is 7.05 Å². The second-order valence-corrected chi connectivity index (χ2v) is 4.27. The summed E-state index contributed by atoms with van der Waals surface area (Å²) in [5.41, 5.74) is 4.13. The second kappa shape index (κ2) is 4.05. The molecule has 0 bridgehead atoms. The van der Waals surface area contributed by atoms with Crippen LogP contribution < -0.4 is 5.32 Å². The Hall–Kier alpha value is -1.31. The van der Waals surface area contributed by atoms with Crippen molar-refractivity contribution in [1.82, 2.24) is 5.32 Å². The molecule has 0 fully saturated rings. The Kier molecular flexibility index (Phi) is 2.76. The van der Waals surface area contributed by atoms with Gasteiger partial charge in [0.2, 0.25) is 5.91 Å². The van der Waals surface area contributed by atoms with E-state index in [0.29, 0.717) is 0 Å². The summed E-state index contributed by atoms with van der Waals surface area (Å²) in [6.07, 6.45) is 2.92. The molecule has 2 rings (SSSR count). The molecule has 1 N–H and O–H groups in total. The number of aryl methyl sites for hydroxylation is 2. The van der Waals surface area contributed by atoms with Crippen LogP contribution in [0.3, 0.4) is 0 Å². The van der Waals surface area contributed by atoms with Gasteiger partial charge in [-0.3, -0.25) is 4.79 Å². The maximum absolute atomic E-state index is 11.6. The van der Waals surface area contributed by atoms with Gasteiger partial charge in [-0.2, -0.15) is 0 Å². The molecular formula is C13H17NO. The van der Waals surface area contributed by atoms with E-state index in [-0.39, 0.29) is 11.8 Å². The lowest BCUT2D eigenvalue weighted by molar-refractivity contribution is -0.124. The quantitative estimate of drug-likeness (QED) is 0.741. The molecule has 1 unspecified atom stereocenters. The van der Waals surface area contributed by atoms with Gasteiger partial charge >= 0.3 is 0 Å². The molecule has 0 aromatic heterocycles. The summed E-state index contributed by atoms with van der Waals surface area (Å²) in [5, 5.41) is 2.75. The second-order valence-electron chi connectivity index (χ2n) is 4.27.